The number of anilines is 1. The smallest absolute Gasteiger partial charge is 0.255 e. The van der Waals surface area contributed by atoms with Gasteiger partial charge in [0.2, 0.25) is 0 Å². The summed E-state index contributed by atoms with van der Waals surface area (Å²) in [5.41, 5.74) is 1.00. The first-order valence-electron chi connectivity index (χ1n) is 5.23. The quantitative estimate of drug-likeness (QED) is 0.752. The van der Waals surface area contributed by atoms with Crippen LogP contribution < -0.4 is 5.32 Å². The second-order valence-electron chi connectivity index (χ2n) is 3.72. The molecule has 19 heavy (non-hydrogen) atoms. The van der Waals surface area contributed by atoms with E-state index in [2.05, 4.69) is 37.2 Å². The van der Waals surface area contributed by atoms with E-state index in [1.807, 2.05) is 18.2 Å². The Morgan fingerprint density at radius 3 is 2.37 bits per heavy atom. The molecule has 2 rings (SSSR count). The zero-order chi connectivity index (χ0) is 14.0. The lowest BCUT2D eigenvalue weighted by molar-refractivity contribution is 0.102. The number of hydrogen-bond donors (Lipinski definition) is 2. The molecule has 0 spiro atoms. The largest absolute Gasteiger partial charge is 0.506 e. The van der Waals surface area contributed by atoms with Gasteiger partial charge in [0.1, 0.15) is 5.75 Å². The topological polar surface area (TPSA) is 49.3 Å². The second-order valence-corrected chi connectivity index (χ2v) is 5.83. The second kappa shape index (κ2) is 5.94. The Bertz CT molecular complexity index is 626. The molecule has 1 amide bonds. The van der Waals surface area contributed by atoms with Gasteiger partial charge in [-0.2, -0.15) is 0 Å². The summed E-state index contributed by atoms with van der Waals surface area (Å²) in [4.78, 5) is 12.1. The highest BCUT2D eigenvalue weighted by Gasteiger charge is 2.12. The van der Waals surface area contributed by atoms with Gasteiger partial charge < -0.3 is 10.4 Å². The third kappa shape index (κ3) is 3.29. The van der Waals surface area contributed by atoms with E-state index in [0.717, 1.165) is 8.95 Å². The molecule has 3 nitrogen and oxygen atoms in total. The van der Waals surface area contributed by atoms with Crippen LogP contribution in [-0.2, 0) is 0 Å². The van der Waals surface area contributed by atoms with Gasteiger partial charge in [-0.15, -0.1) is 0 Å². The predicted octanol–water partition coefficient (Wildman–Crippen LogP) is 4.82. The third-order valence-corrected chi connectivity index (χ3v) is 4.04. The molecule has 0 aliphatic rings. The summed E-state index contributed by atoms with van der Waals surface area (Å²) in [6.07, 6.45) is 0. The van der Waals surface area contributed by atoms with Gasteiger partial charge in [0.15, 0.2) is 0 Å². The Morgan fingerprint density at radius 1 is 1.16 bits per heavy atom. The number of aromatic hydroxyl groups is 1. The van der Waals surface area contributed by atoms with E-state index in [1.54, 1.807) is 0 Å². The van der Waals surface area contributed by atoms with Gasteiger partial charge in [0.05, 0.1) is 10.7 Å². The predicted molar refractivity (Wildman–Crippen MR) is 82.9 cm³/mol. The number of nitrogens with one attached hydrogen (secondary N) is 1. The van der Waals surface area contributed by atoms with Gasteiger partial charge in [0.25, 0.3) is 5.91 Å². The number of carbonyl (C=O) groups is 1. The van der Waals surface area contributed by atoms with Crippen LogP contribution in [0, 0.1) is 0 Å². The zero-order valence-electron chi connectivity index (χ0n) is 9.45. The van der Waals surface area contributed by atoms with Gasteiger partial charge in [-0.25, -0.2) is 0 Å². The minimum Gasteiger partial charge on any atom is -0.506 e. The van der Waals surface area contributed by atoms with Crippen molar-refractivity contribution in [2.75, 3.05) is 5.32 Å². The zero-order valence-corrected chi connectivity index (χ0v) is 13.4. The molecular weight excluding hydrogens is 397 g/mol. The summed E-state index contributed by atoms with van der Waals surface area (Å²) < 4.78 is 1.53. The first kappa shape index (κ1) is 14.4. The molecule has 0 heterocycles. The van der Waals surface area contributed by atoms with E-state index < -0.39 is 0 Å². The van der Waals surface area contributed by atoms with Crippen LogP contribution >= 0.6 is 43.5 Å². The minimum absolute atomic E-state index is 0.0553. The summed E-state index contributed by atoms with van der Waals surface area (Å²) in [5.74, 6) is -0.366. The summed E-state index contributed by atoms with van der Waals surface area (Å²) in [6, 6.07) is 9.79. The standard InChI is InChI=1S/C13H8Br2ClNO2/c14-8-2-1-3-9(15)12(8)17-13(19)7-4-5-11(18)10(16)6-7/h1-6,18H,(H,17,19). The SMILES string of the molecule is O=C(Nc1c(Br)cccc1Br)c1ccc(O)c(Cl)c1. The number of benzene rings is 2. The number of halogens is 3. The molecule has 0 unspecified atom stereocenters. The third-order valence-electron chi connectivity index (χ3n) is 2.41. The maximum absolute atomic E-state index is 12.1. The first-order chi connectivity index (χ1) is 8.99. The summed E-state index contributed by atoms with van der Waals surface area (Å²) in [7, 11) is 0. The number of amides is 1. The highest BCUT2D eigenvalue weighted by molar-refractivity contribution is 9.11. The van der Waals surface area contributed by atoms with Crippen molar-refractivity contribution < 1.29 is 9.90 Å². The summed E-state index contributed by atoms with van der Waals surface area (Å²) in [5, 5.41) is 12.2. The van der Waals surface area contributed by atoms with Gasteiger partial charge >= 0.3 is 0 Å². The van der Waals surface area contributed by atoms with Crippen molar-refractivity contribution in [1.82, 2.24) is 0 Å². The molecule has 0 atom stereocenters. The highest BCUT2D eigenvalue weighted by atomic mass is 79.9. The number of carbonyl (C=O) groups excluding carboxylic acids is 1. The molecule has 0 aliphatic heterocycles. The van der Waals surface area contributed by atoms with Gasteiger partial charge in [-0.05, 0) is 62.2 Å². The average molecular weight is 405 g/mol. The first-order valence-corrected chi connectivity index (χ1v) is 7.19. The summed E-state index contributed by atoms with van der Waals surface area (Å²) >= 11 is 12.5. The molecule has 2 aromatic carbocycles. The number of hydrogen-bond acceptors (Lipinski definition) is 2. The fourth-order valence-electron chi connectivity index (χ4n) is 1.45. The fraction of sp³-hybridized carbons (Fsp3) is 0. The fourth-order valence-corrected chi connectivity index (χ4v) is 2.83. The molecule has 0 aliphatic carbocycles. The lowest BCUT2D eigenvalue weighted by Crippen LogP contribution is -2.12. The van der Waals surface area contributed by atoms with E-state index in [0.29, 0.717) is 11.3 Å². The van der Waals surface area contributed by atoms with Crippen LogP contribution in [0.2, 0.25) is 5.02 Å². The Hall–Kier alpha value is -1.04. The van der Waals surface area contributed by atoms with Crippen molar-refractivity contribution in [3.63, 3.8) is 0 Å². The normalized spacial score (nSPS) is 10.3. The number of rotatable bonds is 2. The van der Waals surface area contributed by atoms with Crippen LogP contribution in [-0.4, -0.2) is 11.0 Å². The van der Waals surface area contributed by atoms with Gasteiger partial charge in [0, 0.05) is 14.5 Å². The van der Waals surface area contributed by atoms with Crippen LogP contribution in [0.3, 0.4) is 0 Å². The average Bonchev–Trinajstić information content (AvgIpc) is 2.37. The van der Waals surface area contributed by atoms with Crippen molar-refractivity contribution in [3.8, 4) is 5.75 Å². The lowest BCUT2D eigenvalue weighted by Gasteiger charge is -2.10. The molecule has 0 saturated heterocycles. The molecule has 0 aromatic heterocycles. The minimum atomic E-state index is -0.311. The molecule has 0 saturated carbocycles. The van der Waals surface area contributed by atoms with Crippen LogP contribution in [0.15, 0.2) is 45.3 Å². The van der Waals surface area contributed by atoms with Gasteiger partial charge in [-0.1, -0.05) is 17.7 Å². The Labute approximate surface area is 131 Å². The van der Waals surface area contributed by atoms with E-state index >= 15 is 0 Å². The van der Waals surface area contributed by atoms with Crippen molar-refractivity contribution >= 4 is 55.1 Å². The van der Waals surface area contributed by atoms with Crippen molar-refractivity contribution in [3.05, 3.63) is 55.9 Å². The molecule has 0 bridgehead atoms. The number of phenolic OH excluding ortho intramolecular Hbond substituents is 1. The Balaban J connectivity index is 2.28. The maximum atomic E-state index is 12.1. The Kier molecular flexibility index (Phi) is 4.50. The molecule has 0 radical (unpaired) electrons. The molecule has 98 valence electrons. The molecule has 2 N–H and O–H groups in total. The monoisotopic (exact) mass is 403 g/mol. The number of phenols is 1. The molecule has 6 heteroatoms. The van der Waals surface area contributed by atoms with Crippen LogP contribution in [0.5, 0.6) is 5.75 Å². The molecular formula is C13H8Br2ClNO2. The van der Waals surface area contributed by atoms with Crippen molar-refractivity contribution in [2.45, 2.75) is 0 Å². The summed E-state index contributed by atoms with van der Waals surface area (Å²) in [6.45, 7) is 0. The van der Waals surface area contributed by atoms with Crippen LogP contribution in [0.1, 0.15) is 10.4 Å². The van der Waals surface area contributed by atoms with Crippen molar-refractivity contribution in [1.29, 1.82) is 0 Å². The molecule has 2 aromatic rings. The lowest BCUT2D eigenvalue weighted by atomic mass is 10.2. The van der Waals surface area contributed by atoms with Crippen molar-refractivity contribution in [2.24, 2.45) is 0 Å². The van der Waals surface area contributed by atoms with E-state index in [4.69, 9.17) is 11.6 Å². The highest BCUT2D eigenvalue weighted by Crippen LogP contribution is 2.31. The van der Waals surface area contributed by atoms with E-state index in [1.165, 1.54) is 18.2 Å². The molecule has 0 fully saturated rings. The van der Waals surface area contributed by atoms with Crippen LogP contribution in [0.4, 0.5) is 5.69 Å². The van der Waals surface area contributed by atoms with E-state index in [-0.39, 0.29) is 16.7 Å². The van der Waals surface area contributed by atoms with Crippen LogP contribution in [0.25, 0.3) is 0 Å². The Morgan fingerprint density at radius 2 is 1.79 bits per heavy atom. The maximum Gasteiger partial charge on any atom is 0.255 e. The van der Waals surface area contributed by atoms with Gasteiger partial charge in [-0.3, -0.25) is 4.79 Å². The number of para-hydroxylation sites is 1. The van der Waals surface area contributed by atoms with E-state index in [9.17, 15) is 9.90 Å².